The molecule has 1 aromatic heterocycles. The van der Waals surface area contributed by atoms with Crippen LogP contribution in [-0.2, 0) is 6.42 Å². The maximum atomic E-state index is 12.1. The second kappa shape index (κ2) is 8.86. The Balaban J connectivity index is 1.86. The first kappa shape index (κ1) is 17.7. The third kappa shape index (κ3) is 4.94. The lowest BCUT2D eigenvalue weighted by Crippen LogP contribution is -2.27. The van der Waals surface area contributed by atoms with Gasteiger partial charge in [-0.25, -0.2) is 0 Å². The summed E-state index contributed by atoms with van der Waals surface area (Å²) in [7, 11) is 1.64. The first-order valence-corrected chi connectivity index (χ1v) is 8.14. The highest BCUT2D eigenvalue weighted by Crippen LogP contribution is 2.17. The van der Waals surface area contributed by atoms with Gasteiger partial charge in [0.1, 0.15) is 11.6 Å². The predicted molar refractivity (Wildman–Crippen MR) is 94.4 cm³/mol. The largest absolute Gasteiger partial charge is 0.496 e. The molecule has 128 valence electrons. The number of amides is 1. The number of benzene rings is 1. The van der Waals surface area contributed by atoms with E-state index in [-0.39, 0.29) is 5.91 Å². The molecule has 2 N–H and O–H groups in total. The van der Waals surface area contributed by atoms with Crippen LogP contribution in [-0.4, -0.2) is 35.8 Å². The average Bonchev–Trinajstić information content (AvgIpc) is 2.62. The van der Waals surface area contributed by atoms with E-state index in [9.17, 15) is 4.79 Å². The molecule has 0 aliphatic heterocycles. The zero-order valence-corrected chi connectivity index (χ0v) is 14.4. The molecule has 0 aliphatic carbocycles. The van der Waals surface area contributed by atoms with Crippen LogP contribution in [0, 0.1) is 0 Å². The molecule has 1 unspecified atom stereocenters. The Hall–Kier alpha value is -2.63. The molecular weight excluding hydrogens is 304 g/mol. The van der Waals surface area contributed by atoms with E-state index >= 15 is 0 Å². The number of para-hydroxylation sites is 1. The fraction of sp³-hybridized carbons (Fsp3) is 0.389. The van der Waals surface area contributed by atoms with Crippen LogP contribution < -0.4 is 15.4 Å². The molecule has 6 nitrogen and oxygen atoms in total. The number of ether oxygens (including phenoxy) is 1. The Morgan fingerprint density at radius 2 is 2.00 bits per heavy atom. The van der Waals surface area contributed by atoms with Gasteiger partial charge in [-0.15, -0.1) is 10.2 Å². The van der Waals surface area contributed by atoms with E-state index in [4.69, 9.17) is 4.74 Å². The highest BCUT2D eigenvalue weighted by atomic mass is 16.5. The van der Waals surface area contributed by atoms with Crippen molar-refractivity contribution < 1.29 is 9.53 Å². The van der Waals surface area contributed by atoms with Gasteiger partial charge in [0, 0.05) is 12.6 Å². The van der Waals surface area contributed by atoms with Gasteiger partial charge < -0.3 is 15.4 Å². The highest BCUT2D eigenvalue weighted by molar-refractivity contribution is 5.92. The van der Waals surface area contributed by atoms with Gasteiger partial charge in [0.25, 0.3) is 5.91 Å². The second-order valence-corrected chi connectivity index (χ2v) is 5.58. The summed E-state index contributed by atoms with van der Waals surface area (Å²) in [6, 6.07) is 11.5. The van der Waals surface area contributed by atoms with Crippen LogP contribution in [0.5, 0.6) is 5.75 Å². The van der Waals surface area contributed by atoms with Crippen molar-refractivity contribution in [2.45, 2.75) is 32.7 Å². The summed E-state index contributed by atoms with van der Waals surface area (Å²) in [5, 5.41) is 14.1. The Kier molecular flexibility index (Phi) is 6.54. The summed E-state index contributed by atoms with van der Waals surface area (Å²) < 4.78 is 5.30. The maximum absolute atomic E-state index is 12.1. The van der Waals surface area contributed by atoms with Crippen molar-refractivity contribution in [3.05, 3.63) is 47.7 Å². The van der Waals surface area contributed by atoms with E-state index in [2.05, 4.69) is 34.7 Å². The summed E-state index contributed by atoms with van der Waals surface area (Å²) in [4.78, 5) is 12.1. The number of hydrogen-bond acceptors (Lipinski definition) is 5. The van der Waals surface area contributed by atoms with Crippen molar-refractivity contribution in [3.63, 3.8) is 0 Å². The van der Waals surface area contributed by atoms with Crippen molar-refractivity contribution in [2.75, 3.05) is 19.0 Å². The molecular formula is C18H24N4O2. The molecule has 1 amide bonds. The molecule has 0 aliphatic rings. The van der Waals surface area contributed by atoms with Crippen molar-refractivity contribution in [3.8, 4) is 5.75 Å². The zero-order chi connectivity index (χ0) is 17.4. The van der Waals surface area contributed by atoms with Crippen LogP contribution in [0.15, 0.2) is 36.4 Å². The molecule has 0 spiro atoms. The Morgan fingerprint density at radius 1 is 1.21 bits per heavy atom. The van der Waals surface area contributed by atoms with Crippen LogP contribution in [0.2, 0.25) is 0 Å². The second-order valence-electron chi connectivity index (χ2n) is 5.58. The van der Waals surface area contributed by atoms with Gasteiger partial charge >= 0.3 is 0 Å². The Labute approximate surface area is 142 Å². The van der Waals surface area contributed by atoms with Gasteiger partial charge in [-0.05, 0) is 43.5 Å². The number of nitrogens with one attached hydrogen (secondary N) is 2. The molecule has 0 bridgehead atoms. The van der Waals surface area contributed by atoms with Crippen LogP contribution in [0.1, 0.15) is 36.3 Å². The van der Waals surface area contributed by atoms with Crippen LogP contribution in [0.25, 0.3) is 0 Å². The lowest BCUT2D eigenvalue weighted by atomic mass is 10.1. The average molecular weight is 328 g/mol. The summed E-state index contributed by atoms with van der Waals surface area (Å²) in [5.74, 6) is 1.27. The fourth-order valence-corrected chi connectivity index (χ4v) is 2.20. The number of anilines is 1. The van der Waals surface area contributed by atoms with E-state index in [0.717, 1.165) is 17.7 Å². The number of aromatic nitrogens is 2. The molecule has 2 rings (SSSR count). The third-order valence-electron chi connectivity index (χ3n) is 3.78. The smallest absolute Gasteiger partial charge is 0.271 e. The van der Waals surface area contributed by atoms with Gasteiger partial charge in [-0.2, -0.15) is 0 Å². The van der Waals surface area contributed by atoms with Gasteiger partial charge in [0.2, 0.25) is 0 Å². The highest BCUT2D eigenvalue weighted by Gasteiger charge is 2.09. The van der Waals surface area contributed by atoms with Gasteiger partial charge in [-0.3, -0.25) is 4.79 Å². The maximum Gasteiger partial charge on any atom is 0.271 e. The predicted octanol–water partition coefficient (Wildman–Crippen LogP) is 2.67. The number of carbonyl (C=O) groups is 1. The van der Waals surface area contributed by atoms with Gasteiger partial charge in [0.15, 0.2) is 5.69 Å². The number of methoxy groups -OCH3 is 1. The van der Waals surface area contributed by atoms with Gasteiger partial charge in [0.05, 0.1) is 7.11 Å². The Morgan fingerprint density at radius 3 is 2.67 bits per heavy atom. The summed E-state index contributed by atoms with van der Waals surface area (Å²) >= 11 is 0. The van der Waals surface area contributed by atoms with Crippen molar-refractivity contribution in [1.29, 1.82) is 0 Å². The minimum Gasteiger partial charge on any atom is -0.496 e. The van der Waals surface area contributed by atoms with E-state index in [1.807, 2.05) is 24.3 Å². The quantitative estimate of drug-likeness (QED) is 0.779. The van der Waals surface area contributed by atoms with Gasteiger partial charge in [-0.1, -0.05) is 25.1 Å². The SMILES string of the molecule is CCC(C)Nc1ccc(C(=O)NCCc2ccccc2OC)nn1. The fourth-order valence-electron chi connectivity index (χ4n) is 2.20. The van der Waals surface area contributed by atoms with Crippen LogP contribution >= 0.6 is 0 Å². The molecule has 0 saturated carbocycles. The van der Waals surface area contributed by atoms with E-state index < -0.39 is 0 Å². The minimum atomic E-state index is -0.229. The van der Waals surface area contributed by atoms with E-state index in [1.165, 1.54) is 0 Å². The lowest BCUT2D eigenvalue weighted by molar-refractivity contribution is 0.0948. The van der Waals surface area contributed by atoms with E-state index in [1.54, 1.807) is 19.2 Å². The molecule has 0 fully saturated rings. The topological polar surface area (TPSA) is 76.1 Å². The first-order chi connectivity index (χ1) is 11.6. The number of nitrogens with zero attached hydrogens (tertiary/aromatic N) is 2. The normalized spacial score (nSPS) is 11.6. The van der Waals surface area contributed by atoms with Crippen LogP contribution in [0.3, 0.4) is 0 Å². The van der Waals surface area contributed by atoms with Crippen LogP contribution in [0.4, 0.5) is 5.82 Å². The monoisotopic (exact) mass is 328 g/mol. The first-order valence-electron chi connectivity index (χ1n) is 8.14. The van der Waals surface area contributed by atoms with Crippen molar-refractivity contribution in [1.82, 2.24) is 15.5 Å². The third-order valence-corrected chi connectivity index (χ3v) is 3.78. The summed E-state index contributed by atoms with van der Waals surface area (Å²) in [6.07, 6.45) is 1.68. The van der Waals surface area contributed by atoms with Crippen molar-refractivity contribution in [2.24, 2.45) is 0 Å². The molecule has 0 saturated heterocycles. The van der Waals surface area contributed by atoms with Crippen molar-refractivity contribution >= 4 is 11.7 Å². The summed E-state index contributed by atoms with van der Waals surface area (Å²) in [5.41, 5.74) is 1.37. The molecule has 1 atom stereocenters. The Bertz CT molecular complexity index is 658. The van der Waals surface area contributed by atoms with E-state index in [0.29, 0.717) is 30.5 Å². The zero-order valence-electron chi connectivity index (χ0n) is 14.4. The molecule has 0 radical (unpaired) electrons. The standard InChI is InChI=1S/C18H24N4O2/c1-4-13(2)20-17-10-9-15(21-22-17)18(23)19-12-11-14-7-5-6-8-16(14)24-3/h5-10,13H,4,11-12H2,1-3H3,(H,19,23)(H,20,22). The minimum absolute atomic E-state index is 0.229. The number of carbonyl (C=O) groups excluding carboxylic acids is 1. The molecule has 24 heavy (non-hydrogen) atoms. The molecule has 1 heterocycles. The molecule has 1 aromatic carbocycles. The summed E-state index contributed by atoms with van der Waals surface area (Å²) in [6.45, 7) is 4.67. The number of hydrogen-bond donors (Lipinski definition) is 2. The number of rotatable bonds is 8. The lowest BCUT2D eigenvalue weighted by Gasteiger charge is -2.11. The molecule has 6 heteroatoms. The molecule has 2 aromatic rings.